The molecule has 2 aromatic heterocycles. The van der Waals surface area contributed by atoms with Crippen molar-refractivity contribution in [1.82, 2.24) is 4.98 Å². The molecule has 174 valence electrons. The van der Waals surface area contributed by atoms with Gasteiger partial charge in [0.25, 0.3) is 0 Å². The number of carboxylic acid groups (broad SMARTS) is 1. The summed E-state index contributed by atoms with van der Waals surface area (Å²) in [4.78, 5) is 17.4. The van der Waals surface area contributed by atoms with Gasteiger partial charge in [-0.05, 0) is 68.0 Å². The number of hydrogen-bond acceptors (Lipinski definition) is 4. The third kappa shape index (κ3) is 3.55. The normalized spacial score (nSPS) is 15.3. The molecule has 2 heterocycles. The van der Waals surface area contributed by atoms with Crippen LogP contribution in [0.1, 0.15) is 51.6 Å². The van der Waals surface area contributed by atoms with Crippen LogP contribution in [0.15, 0.2) is 71.1 Å². The molecule has 0 bridgehead atoms. The summed E-state index contributed by atoms with van der Waals surface area (Å²) in [5, 5.41) is 11.7. The lowest BCUT2D eigenvalue weighted by atomic mass is 9.89. The maximum atomic E-state index is 12.5. The minimum atomic E-state index is -1.02. The molecule has 0 radical (unpaired) electrons. The van der Waals surface area contributed by atoms with Crippen molar-refractivity contribution >= 4 is 27.8 Å². The van der Waals surface area contributed by atoms with E-state index >= 15 is 0 Å². The van der Waals surface area contributed by atoms with Gasteiger partial charge in [0.2, 0.25) is 0 Å². The minimum absolute atomic E-state index is 0.121. The van der Waals surface area contributed by atoms with Crippen LogP contribution < -0.4 is 4.74 Å². The van der Waals surface area contributed by atoms with E-state index in [0.29, 0.717) is 28.1 Å². The van der Waals surface area contributed by atoms with E-state index in [-0.39, 0.29) is 11.7 Å². The van der Waals surface area contributed by atoms with Crippen LogP contribution in [0.5, 0.6) is 5.75 Å². The summed E-state index contributed by atoms with van der Waals surface area (Å²) in [7, 11) is 0. The number of carboxylic acids is 1. The second-order valence-electron chi connectivity index (χ2n) is 9.21. The Morgan fingerprint density at radius 1 is 1.06 bits per heavy atom. The molecule has 1 atom stereocenters. The molecule has 5 nitrogen and oxygen atoms in total. The fraction of sp³-hybridized carbons (Fsp3) is 0.200. The number of rotatable bonds is 4. The van der Waals surface area contributed by atoms with Gasteiger partial charge in [0.05, 0.1) is 16.5 Å². The number of furan rings is 1. The van der Waals surface area contributed by atoms with Gasteiger partial charge in [0.15, 0.2) is 5.76 Å². The Hall–Kier alpha value is -4.12. The maximum Gasteiger partial charge on any atom is 0.336 e. The molecule has 35 heavy (non-hydrogen) atoms. The van der Waals surface area contributed by atoms with Gasteiger partial charge >= 0.3 is 5.97 Å². The predicted octanol–water partition coefficient (Wildman–Crippen LogP) is 7.42. The van der Waals surface area contributed by atoms with Crippen LogP contribution in [0.4, 0.5) is 0 Å². The molecule has 0 amide bonds. The van der Waals surface area contributed by atoms with Crippen molar-refractivity contribution in [3.05, 3.63) is 94.5 Å². The summed E-state index contributed by atoms with van der Waals surface area (Å²) < 4.78 is 12.6. The molecular weight excluding hydrogens is 438 g/mol. The number of aryl methyl sites for hydroxylation is 3. The molecule has 1 aliphatic rings. The molecule has 0 saturated heterocycles. The van der Waals surface area contributed by atoms with E-state index in [0.717, 1.165) is 41.4 Å². The van der Waals surface area contributed by atoms with E-state index in [4.69, 9.17) is 14.1 Å². The highest BCUT2D eigenvalue weighted by atomic mass is 16.5. The van der Waals surface area contributed by atoms with E-state index in [2.05, 4.69) is 18.2 Å². The largest absolute Gasteiger partial charge is 0.485 e. The number of ether oxygens (including phenoxy) is 1. The Kier molecular flexibility index (Phi) is 5.06. The topological polar surface area (TPSA) is 72.6 Å². The molecule has 5 heteroatoms. The Labute approximate surface area is 203 Å². The van der Waals surface area contributed by atoms with Crippen LogP contribution in [-0.4, -0.2) is 16.1 Å². The third-order valence-corrected chi connectivity index (χ3v) is 7.01. The lowest BCUT2D eigenvalue weighted by molar-refractivity contribution is 0.0698. The molecule has 6 rings (SSSR count). The Balaban J connectivity index is 1.53. The molecule has 1 unspecified atom stereocenters. The van der Waals surface area contributed by atoms with Crippen LogP contribution >= 0.6 is 0 Å². The van der Waals surface area contributed by atoms with E-state index in [1.54, 1.807) is 6.07 Å². The second kappa shape index (κ2) is 8.27. The van der Waals surface area contributed by atoms with E-state index in [1.165, 1.54) is 11.1 Å². The first kappa shape index (κ1) is 21.4. The number of carbonyl (C=O) groups is 1. The van der Waals surface area contributed by atoms with Crippen molar-refractivity contribution in [2.75, 3.05) is 0 Å². The minimum Gasteiger partial charge on any atom is -0.485 e. The Bertz CT molecular complexity index is 1610. The van der Waals surface area contributed by atoms with Crippen molar-refractivity contribution in [1.29, 1.82) is 0 Å². The summed E-state index contributed by atoms with van der Waals surface area (Å²) in [6, 6.07) is 21.5. The second-order valence-corrected chi connectivity index (χ2v) is 9.21. The lowest BCUT2D eigenvalue weighted by Gasteiger charge is -2.27. The lowest BCUT2D eigenvalue weighted by Crippen LogP contribution is -2.15. The van der Waals surface area contributed by atoms with Gasteiger partial charge in [-0.1, -0.05) is 48.5 Å². The predicted molar refractivity (Wildman–Crippen MR) is 136 cm³/mol. The number of pyridine rings is 1. The highest BCUT2D eigenvalue weighted by Gasteiger charge is 2.25. The average Bonchev–Trinajstić information content (AvgIpc) is 3.22. The number of aromatic carboxylic acids is 1. The fourth-order valence-electron chi connectivity index (χ4n) is 5.23. The molecule has 0 aliphatic heterocycles. The Morgan fingerprint density at radius 2 is 1.86 bits per heavy atom. The maximum absolute atomic E-state index is 12.5. The zero-order valence-corrected chi connectivity index (χ0v) is 19.7. The van der Waals surface area contributed by atoms with Crippen LogP contribution in [0.3, 0.4) is 0 Å². The van der Waals surface area contributed by atoms with Crippen LogP contribution in [0.25, 0.3) is 33.3 Å². The van der Waals surface area contributed by atoms with E-state index in [1.807, 2.05) is 56.3 Å². The number of aromatic nitrogens is 1. The van der Waals surface area contributed by atoms with Gasteiger partial charge in [-0.3, -0.25) is 0 Å². The SMILES string of the molecule is Cc1c(-c2cc(C(=O)O)c3c(OC4CCCc5ccccc54)ccc(C)c3n2)oc2ccccc12. The summed E-state index contributed by atoms with van der Waals surface area (Å²) in [6.07, 6.45) is 2.83. The highest BCUT2D eigenvalue weighted by molar-refractivity contribution is 6.07. The van der Waals surface area contributed by atoms with Crippen molar-refractivity contribution in [3.63, 3.8) is 0 Å². The van der Waals surface area contributed by atoms with Gasteiger partial charge in [-0.2, -0.15) is 0 Å². The average molecular weight is 464 g/mol. The standard InChI is InChI=1S/C30H25NO4/c1-17-14-15-26(34-25-13-7-9-19-8-3-4-11-21(19)25)27-22(30(32)33)16-23(31-28(17)27)29-18(2)20-10-5-6-12-24(20)35-29/h3-6,8,10-12,14-16,25H,7,9,13H2,1-2H3,(H,32,33). The van der Waals surface area contributed by atoms with Gasteiger partial charge in [0, 0.05) is 10.9 Å². The van der Waals surface area contributed by atoms with Crippen molar-refractivity contribution in [2.24, 2.45) is 0 Å². The molecule has 0 saturated carbocycles. The number of benzene rings is 3. The molecule has 0 fully saturated rings. The van der Waals surface area contributed by atoms with Gasteiger partial charge < -0.3 is 14.3 Å². The third-order valence-electron chi connectivity index (χ3n) is 7.01. The first-order valence-electron chi connectivity index (χ1n) is 11.9. The smallest absolute Gasteiger partial charge is 0.336 e. The Morgan fingerprint density at radius 3 is 2.69 bits per heavy atom. The summed E-state index contributed by atoms with van der Waals surface area (Å²) in [6.45, 7) is 3.91. The van der Waals surface area contributed by atoms with Crippen LogP contribution in [0.2, 0.25) is 0 Å². The molecular formula is C30H25NO4. The summed E-state index contributed by atoms with van der Waals surface area (Å²) in [5.41, 5.74) is 6.32. The zero-order valence-electron chi connectivity index (χ0n) is 19.7. The summed E-state index contributed by atoms with van der Waals surface area (Å²) in [5.74, 6) is 0.111. The fourth-order valence-corrected chi connectivity index (χ4v) is 5.23. The van der Waals surface area contributed by atoms with E-state index in [9.17, 15) is 9.90 Å². The van der Waals surface area contributed by atoms with Crippen molar-refractivity contribution in [3.8, 4) is 17.2 Å². The monoisotopic (exact) mass is 463 g/mol. The van der Waals surface area contributed by atoms with Gasteiger partial charge in [-0.15, -0.1) is 0 Å². The first-order valence-corrected chi connectivity index (χ1v) is 11.9. The highest BCUT2D eigenvalue weighted by Crippen LogP contribution is 2.40. The summed E-state index contributed by atoms with van der Waals surface area (Å²) >= 11 is 0. The number of hydrogen-bond donors (Lipinski definition) is 1. The molecule has 1 aliphatic carbocycles. The first-order chi connectivity index (χ1) is 17.0. The van der Waals surface area contributed by atoms with Crippen molar-refractivity contribution in [2.45, 2.75) is 39.2 Å². The molecule has 0 spiro atoms. The van der Waals surface area contributed by atoms with Gasteiger partial charge in [0.1, 0.15) is 23.1 Å². The van der Waals surface area contributed by atoms with Crippen LogP contribution in [-0.2, 0) is 6.42 Å². The molecule has 1 N–H and O–H groups in total. The quantitative estimate of drug-likeness (QED) is 0.300. The number of nitrogens with zero attached hydrogens (tertiary/aromatic N) is 1. The molecule has 3 aromatic carbocycles. The van der Waals surface area contributed by atoms with E-state index < -0.39 is 5.97 Å². The van der Waals surface area contributed by atoms with Gasteiger partial charge in [-0.25, -0.2) is 9.78 Å². The zero-order chi connectivity index (χ0) is 24.1. The number of fused-ring (bicyclic) bond motifs is 3. The molecule has 5 aromatic rings. The number of para-hydroxylation sites is 1. The van der Waals surface area contributed by atoms with Crippen LogP contribution in [0, 0.1) is 13.8 Å². The van der Waals surface area contributed by atoms with Crippen molar-refractivity contribution < 1.29 is 19.1 Å².